The van der Waals surface area contributed by atoms with Crippen molar-refractivity contribution < 1.29 is 4.39 Å². The van der Waals surface area contributed by atoms with E-state index in [4.69, 9.17) is 0 Å². The summed E-state index contributed by atoms with van der Waals surface area (Å²) < 4.78 is 13.2. The third-order valence-electron chi connectivity index (χ3n) is 3.85. The van der Waals surface area contributed by atoms with Crippen LogP contribution in [0.2, 0.25) is 0 Å². The van der Waals surface area contributed by atoms with Gasteiger partial charge in [-0.05, 0) is 31.0 Å². The molecular weight excluding hydrogens is 281 g/mol. The molecule has 1 aromatic heterocycles. The summed E-state index contributed by atoms with van der Waals surface area (Å²) in [5, 5.41) is 14.3. The van der Waals surface area contributed by atoms with E-state index in [0.29, 0.717) is 23.5 Å². The van der Waals surface area contributed by atoms with Crippen molar-refractivity contribution in [3.05, 3.63) is 36.3 Å². The van der Waals surface area contributed by atoms with Crippen molar-refractivity contribution in [2.24, 2.45) is 0 Å². The van der Waals surface area contributed by atoms with Crippen LogP contribution in [-0.4, -0.2) is 21.2 Å². The Morgan fingerprint density at radius 1 is 1.09 bits per heavy atom. The van der Waals surface area contributed by atoms with Gasteiger partial charge in [0, 0.05) is 11.7 Å². The molecule has 2 aromatic rings. The van der Waals surface area contributed by atoms with Gasteiger partial charge in [-0.15, -0.1) is 5.10 Å². The molecule has 0 unspecified atom stereocenters. The molecule has 1 fully saturated rings. The number of halogens is 1. The molecule has 6 heteroatoms. The van der Waals surface area contributed by atoms with Crippen molar-refractivity contribution in [2.45, 2.75) is 44.6 Å². The summed E-state index contributed by atoms with van der Waals surface area (Å²) in [6.45, 7) is 0. The predicted molar refractivity (Wildman–Crippen MR) is 84.6 cm³/mol. The molecule has 0 amide bonds. The highest BCUT2D eigenvalue weighted by molar-refractivity contribution is 5.53. The average molecular weight is 301 g/mol. The highest BCUT2D eigenvalue weighted by Crippen LogP contribution is 2.21. The van der Waals surface area contributed by atoms with Crippen LogP contribution in [-0.2, 0) is 0 Å². The SMILES string of the molecule is Fc1cccc(Nc2nncc(NC3CCCCCC3)n2)c1. The van der Waals surface area contributed by atoms with Gasteiger partial charge in [0.25, 0.3) is 0 Å². The summed E-state index contributed by atoms with van der Waals surface area (Å²) in [6.07, 6.45) is 9.09. The van der Waals surface area contributed by atoms with Crippen LogP contribution in [0.3, 0.4) is 0 Å². The van der Waals surface area contributed by atoms with Crippen LogP contribution in [0.15, 0.2) is 30.5 Å². The van der Waals surface area contributed by atoms with Crippen LogP contribution in [0.25, 0.3) is 0 Å². The maximum Gasteiger partial charge on any atom is 0.249 e. The zero-order chi connectivity index (χ0) is 15.2. The summed E-state index contributed by atoms with van der Waals surface area (Å²) in [6, 6.07) is 6.64. The van der Waals surface area contributed by atoms with Gasteiger partial charge in [-0.1, -0.05) is 31.7 Å². The topological polar surface area (TPSA) is 62.7 Å². The lowest BCUT2D eigenvalue weighted by Crippen LogP contribution is -2.19. The highest BCUT2D eigenvalue weighted by Gasteiger charge is 2.13. The van der Waals surface area contributed by atoms with Crippen LogP contribution >= 0.6 is 0 Å². The van der Waals surface area contributed by atoms with Gasteiger partial charge in [-0.2, -0.15) is 10.1 Å². The van der Waals surface area contributed by atoms with E-state index >= 15 is 0 Å². The summed E-state index contributed by atoms with van der Waals surface area (Å²) in [7, 11) is 0. The maximum absolute atomic E-state index is 13.2. The van der Waals surface area contributed by atoms with Crippen molar-refractivity contribution >= 4 is 17.5 Å². The van der Waals surface area contributed by atoms with Crippen molar-refractivity contribution in [1.82, 2.24) is 15.2 Å². The van der Waals surface area contributed by atoms with Gasteiger partial charge in [0.15, 0.2) is 5.82 Å². The monoisotopic (exact) mass is 301 g/mol. The number of nitrogens with zero attached hydrogens (tertiary/aromatic N) is 3. The molecule has 1 aliphatic rings. The average Bonchev–Trinajstić information content (AvgIpc) is 2.76. The fourth-order valence-corrected chi connectivity index (χ4v) is 2.75. The van der Waals surface area contributed by atoms with Crippen LogP contribution in [0.5, 0.6) is 0 Å². The molecule has 0 spiro atoms. The van der Waals surface area contributed by atoms with Gasteiger partial charge in [0.05, 0.1) is 6.20 Å². The van der Waals surface area contributed by atoms with E-state index in [1.165, 1.54) is 37.8 Å². The van der Waals surface area contributed by atoms with Gasteiger partial charge in [-0.25, -0.2) is 4.39 Å². The number of aromatic nitrogens is 3. The first kappa shape index (κ1) is 14.7. The van der Waals surface area contributed by atoms with Gasteiger partial charge in [0.2, 0.25) is 5.95 Å². The second-order valence-corrected chi connectivity index (χ2v) is 5.63. The Labute approximate surface area is 129 Å². The van der Waals surface area contributed by atoms with E-state index in [9.17, 15) is 4.39 Å². The van der Waals surface area contributed by atoms with E-state index in [-0.39, 0.29) is 5.82 Å². The van der Waals surface area contributed by atoms with Gasteiger partial charge in [0.1, 0.15) is 5.82 Å². The second kappa shape index (κ2) is 7.15. The molecule has 1 aliphatic carbocycles. The molecule has 1 heterocycles. The Kier molecular flexibility index (Phi) is 4.78. The zero-order valence-electron chi connectivity index (χ0n) is 12.4. The zero-order valence-corrected chi connectivity index (χ0v) is 12.4. The Morgan fingerprint density at radius 2 is 1.91 bits per heavy atom. The van der Waals surface area contributed by atoms with E-state index < -0.39 is 0 Å². The summed E-state index contributed by atoms with van der Waals surface area (Å²) >= 11 is 0. The Bertz CT molecular complexity index is 611. The quantitative estimate of drug-likeness (QED) is 0.839. The smallest absolute Gasteiger partial charge is 0.249 e. The molecule has 0 radical (unpaired) electrons. The van der Waals surface area contributed by atoms with Crippen LogP contribution in [0, 0.1) is 5.82 Å². The maximum atomic E-state index is 13.2. The molecule has 1 aromatic carbocycles. The van der Waals surface area contributed by atoms with Crippen molar-refractivity contribution in [1.29, 1.82) is 0 Å². The number of hydrogen-bond donors (Lipinski definition) is 2. The minimum absolute atomic E-state index is 0.300. The van der Waals surface area contributed by atoms with E-state index in [0.717, 1.165) is 12.8 Å². The largest absolute Gasteiger partial charge is 0.366 e. The van der Waals surface area contributed by atoms with E-state index in [2.05, 4.69) is 25.8 Å². The van der Waals surface area contributed by atoms with Gasteiger partial charge >= 0.3 is 0 Å². The number of hydrogen-bond acceptors (Lipinski definition) is 5. The minimum Gasteiger partial charge on any atom is -0.366 e. The van der Waals surface area contributed by atoms with Crippen LogP contribution in [0.4, 0.5) is 21.8 Å². The second-order valence-electron chi connectivity index (χ2n) is 5.63. The minimum atomic E-state index is -0.300. The molecule has 2 N–H and O–H groups in total. The Hall–Kier alpha value is -2.24. The molecule has 5 nitrogen and oxygen atoms in total. The van der Waals surface area contributed by atoms with Crippen molar-refractivity contribution in [3.63, 3.8) is 0 Å². The fourth-order valence-electron chi connectivity index (χ4n) is 2.75. The lowest BCUT2D eigenvalue weighted by molar-refractivity contribution is 0.617. The number of benzene rings is 1. The first-order valence-electron chi connectivity index (χ1n) is 7.78. The summed E-state index contributed by atoms with van der Waals surface area (Å²) in [5.74, 6) is 0.774. The molecule has 22 heavy (non-hydrogen) atoms. The number of anilines is 3. The standard InChI is InChI=1S/C16H20FN5/c17-12-6-5-9-14(10-12)20-16-21-15(11-18-22-16)19-13-7-3-1-2-4-8-13/h5-6,9-11,13H,1-4,7-8H2,(H2,19,20,21,22). The lowest BCUT2D eigenvalue weighted by atomic mass is 10.1. The summed E-state index contributed by atoms with van der Waals surface area (Å²) in [4.78, 5) is 4.40. The summed E-state index contributed by atoms with van der Waals surface area (Å²) in [5.41, 5.74) is 0.605. The van der Waals surface area contributed by atoms with Gasteiger partial charge < -0.3 is 10.6 Å². The third kappa shape index (κ3) is 4.13. The van der Waals surface area contributed by atoms with Crippen molar-refractivity contribution in [2.75, 3.05) is 10.6 Å². The normalized spacial score (nSPS) is 16.0. The predicted octanol–water partition coefficient (Wildman–Crippen LogP) is 3.89. The lowest BCUT2D eigenvalue weighted by Gasteiger charge is -2.16. The third-order valence-corrected chi connectivity index (χ3v) is 3.85. The van der Waals surface area contributed by atoms with Crippen molar-refractivity contribution in [3.8, 4) is 0 Å². The number of rotatable bonds is 4. The number of nitrogens with one attached hydrogen (secondary N) is 2. The fraction of sp³-hybridized carbons (Fsp3) is 0.438. The Balaban J connectivity index is 1.66. The first-order chi connectivity index (χ1) is 10.8. The van der Waals surface area contributed by atoms with Gasteiger partial charge in [-0.3, -0.25) is 0 Å². The molecule has 116 valence electrons. The van der Waals surface area contributed by atoms with Crippen LogP contribution < -0.4 is 10.6 Å². The van der Waals surface area contributed by atoms with E-state index in [1.54, 1.807) is 18.3 Å². The molecule has 0 atom stereocenters. The molecule has 3 rings (SSSR count). The molecule has 0 aliphatic heterocycles. The van der Waals surface area contributed by atoms with E-state index in [1.807, 2.05) is 0 Å². The molecule has 0 bridgehead atoms. The molecular formula is C16H20FN5. The molecule has 0 saturated heterocycles. The Morgan fingerprint density at radius 3 is 2.68 bits per heavy atom. The highest BCUT2D eigenvalue weighted by atomic mass is 19.1. The first-order valence-corrected chi connectivity index (χ1v) is 7.78. The van der Waals surface area contributed by atoms with Crippen LogP contribution in [0.1, 0.15) is 38.5 Å². The molecule has 1 saturated carbocycles.